The number of aliphatic hydroxyl groups is 2. The van der Waals surface area contributed by atoms with E-state index in [-0.39, 0.29) is 11.8 Å². The van der Waals surface area contributed by atoms with Crippen LogP contribution in [0.4, 0.5) is 0 Å². The number of β-amino-alcohol motifs (C(OH)–C–C–N with tert-alkyl or cyclic N) is 1. The first-order valence-electron chi connectivity index (χ1n) is 5.11. The minimum atomic E-state index is -1.06. The zero-order valence-corrected chi connectivity index (χ0v) is 8.84. The van der Waals surface area contributed by atoms with E-state index < -0.39 is 12.2 Å². The van der Waals surface area contributed by atoms with Gasteiger partial charge in [0.15, 0.2) is 5.78 Å². The molecule has 15 heavy (non-hydrogen) atoms. The Morgan fingerprint density at radius 2 is 2.13 bits per heavy atom. The van der Waals surface area contributed by atoms with Crippen molar-refractivity contribution in [2.24, 2.45) is 0 Å². The first-order chi connectivity index (χ1) is 7.00. The zero-order valence-electron chi connectivity index (χ0n) is 8.84. The fraction of sp³-hybridized carbons (Fsp3) is 0.545. The average Bonchev–Trinajstić information content (AvgIpc) is 2.45. The van der Waals surface area contributed by atoms with Gasteiger partial charge in [-0.05, 0) is 26.0 Å². The zero-order chi connectivity index (χ0) is 11.2. The fourth-order valence-electron chi connectivity index (χ4n) is 2.04. The van der Waals surface area contributed by atoms with Crippen molar-refractivity contribution in [3.8, 4) is 0 Å². The smallest absolute Gasteiger partial charge is 0.188 e. The molecule has 1 fully saturated rings. The van der Waals surface area contributed by atoms with Crippen LogP contribution in [0.25, 0.3) is 0 Å². The molecule has 4 nitrogen and oxygen atoms in total. The van der Waals surface area contributed by atoms with Crippen molar-refractivity contribution in [3.05, 3.63) is 23.4 Å². The maximum Gasteiger partial charge on any atom is 0.188 e. The molecule has 0 radical (unpaired) electrons. The second-order valence-corrected chi connectivity index (χ2v) is 4.26. The summed E-state index contributed by atoms with van der Waals surface area (Å²) in [6.45, 7) is 4.52. The lowest BCUT2D eigenvalue weighted by atomic mass is 9.99. The van der Waals surface area contributed by atoms with Crippen LogP contribution >= 0.6 is 0 Å². The molecule has 2 atom stereocenters. The van der Waals surface area contributed by atoms with Gasteiger partial charge in [0.25, 0.3) is 0 Å². The van der Waals surface area contributed by atoms with Gasteiger partial charge in [0.2, 0.25) is 0 Å². The summed E-state index contributed by atoms with van der Waals surface area (Å²) in [6, 6.07) is 0.247. The van der Waals surface area contributed by atoms with E-state index in [1.54, 1.807) is 0 Å². The SMILES string of the molecule is CC(C)N1CC(O)C2=CC(=O)C(O)C=C21. The number of carbonyl (C=O) groups excluding carboxylic acids is 1. The molecule has 0 amide bonds. The van der Waals surface area contributed by atoms with Crippen LogP contribution in [0.1, 0.15) is 13.8 Å². The van der Waals surface area contributed by atoms with E-state index in [2.05, 4.69) is 0 Å². The molecular formula is C11H15NO3. The van der Waals surface area contributed by atoms with Crippen molar-refractivity contribution >= 4 is 5.78 Å². The predicted molar refractivity (Wildman–Crippen MR) is 55.0 cm³/mol. The number of hydrogen-bond donors (Lipinski definition) is 2. The van der Waals surface area contributed by atoms with Crippen LogP contribution in [0, 0.1) is 0 Å². The second-order valence-electron chi connectivity index (χ2n) is 4.26. The number of carbonyl (C=O) groups is 1. The third kappa shape index (κ3) is 1.60. The summed E-state index contributed by atoms with van der Waals surface area (Å²) in [5.41, 5.74) is 1.43. The topological polar surface area (TPSA) is 60.8 Å². The van der Waals surface area contributed by atoms with Gasteiger partial charge in [-0.1, -0.05) is 0 Å². The summed E-state index contributed by atoms with van der Waals surface area (Å²) in [4.78, 5) is 13.3. The molecule has 0 spiro atoms. The van der Waals surface area contributed by atoms with Gasteiger partial charge in [0, 0.05) is 23.9 Å². The van der Waals surface area contributed by atoms with Crippen molar-refractivity contribution in [2.45, 2.75) is 32.1 Å². The van der Waals surface area contributed by atoms with Gasteiger partial charge in [0.05, 0.1) is 6.10 Å². The molecule has 0 saturated carbocycles. The molecule has 1 saturated heterocycles. The Morgan fingerprint density at radius 3 is 2.73 bits per heavy atom. The van der Waals surface area contributed by atoms with E-state index in [9.17, 15) is 15.0 Å². The highest BCUT2D eigenvalue weighted by Crippen LogP contribution is 2.32. The molecule has 0 aromatic heterocycles. The van der Waals surface area contributed by atoms with Crippen molar-refractivity contribution in [1.29, 1.82) is 0 Å². The Morgan fingerprint density at radius 1 is 1.47 bits per heavy atom. The third-order valence-corrected chi connectivity index (χ3v) is 2.86. The van der Waals surface area contributed by atoms with Crippen LogP contribution in [0.3, 0.4) is 0 Å². The first-order valence-corrected chi connectivity index (χ1v) is 5.11. The average molecular weight is 209 g/mol. The quantitative estimate of drug-likeness (QED) is 0.629. The Balaban J connectivity index is 2.38. The van der Waals surface area contributed by atoms with Crippen molar-refractivity contribution in [3.63, 3.8) is 0 Å². The maximum atomic E-state index is 11.3. The molecule has 2 aliphatic rings. The number of nitrogens with zero attached hydrogens (tertiary/aromatic N) is 1. The predicted octanol–water partition coefficient (Wildman–Crippen LogP) is -0.175. The van der Waals surface area contributed by atoms with E-state index in [4.69, 9.17) is 0 Å². The summed E-state index contributed by atoms with van der Waals surface area (Å²) in [5.74, 6) is -0.349. The molecule has 0 aromatic rings. The fourth-order valence-corrected chi connectivity index (χ4v) is 2.04. The van der Waals surface area contributed by atoms with Gasteiger partial charge in [-0.25, -0.2) is 0 Å². The number of fused-ring (bicyclic) bond motifs is 1. The van der Waals surface area contributed by atoms with Gasteiger partial charge in [-0.3, -0.25) is 4.79 Å². The number of ketones is 1. The molecule has 1 aliphatic carbocycles. The van der Waals surface area contributed by atoms with E-state index in [1.165, 1.54) is 12.2 Å². The van der Waals surface area contributed by atoms with Gasteiger partial charge in [-0.2, -0.15) is 0 Å². The first kappa shape index (κ1) is 10.4. The third-order valence-electron chi connectivity index (χ3n) is 2.86. The Bertz CT molecular complexity index is 357. The van der Waals surface area contributed by atoms with Gasteiger partial charge in [0.1, 0.15) is 6.10 Å². The lowest BCUT2D eigenvalue weighted by Crippen LogP contribution is -2.30. The lowest BCUT2D eigenvalue weighted by Gasteiger charge is -2.26. The van der Waals surface area contributed by atoms with Crippen LogP contribution in [0.5, 0.6) is 0 Å². The highest BCUT2D eigenvalue weighted by atomic mass is 16.3. The molecule has 82 valence electrons. The summed E-state index contributed by atoms with van der Waals surface area (Å²) < 4.78 is 0. The van der Waals surface area contributed by atoms with Crippen LogP contribution in [-0.4, -0.2) is 45.7 Å². The molecule has 0 aromatic carbocycles. The Hall–Kier alpha value is -1.13. The second kappa shape index (κ2) is 3.47. The van der Waals surface area contributed by atoms with Crippen LogP contribution < -0.4 is 0 Å². The van der Waals surface area contributed by atoms with Gasteiger partial charge in [-0.15, -0.1) is 0 Å². The number of likely N-dealkylation sites (tertiary alicyclic amines) is 1. The largest absolute Gasteiger partial charge is 0.386 e. The van der Waals surface area contributed by atoms with Crippen LogP contribution in [-0.2, 0) is 4.79 Å². The molecular weight excluding hydrogens is 194 g/mol. The number of aliphatic hydroxyl groups excluding tert-OH is 2. The van der Waals surface area contributed by atoms with E-state index in [1.807, 2.05) is 18.7 Å². The number of hydrogen-bond acceptors (Lipinski definition) is 4. The molecule has 2 rings (SSSR count). The summed E-state index contributed by atoms with van der Waals surface area (Å²) in [5, 5.41) is 19.2. The number of rotatable bonds is 1. The summed E-state index contributed by atoms with van der Waals surface area (Å²) in [6.07, 6.45) is 1.20. The lowest BCUT2D eigenvalue weighted by molar-refractivity contribution is -0.120. The highest BCUT2D eigenvalue weighted by molar-refractivity contribution is 5.98. The monoisotopic (exact) mass is 209 g/mol. The van der Waals surface area contributed by atoms with Crippen LogP contribution in [0.15, 0.2) is 23.4 Å². The minimum absolute atomic E-state index is 0.247. The molecule has 0 bridgehead atoms. The Labute approximate surface area is 88.5 Å². The summed E-state index contributed by atoms with van der Waals surface area (Å²) in [7, 11) is 0. The molecule has 2 unspecified atom stereocenters. The van der Waals surface area contributed by atoms with Crippen molar-refractivity contribution < 1.29 is 15.0 Å². The van der Waals surface area contributed by atoms with Crippen LogP contribution in [0.2, 0.25) is 0 Å². The van der Waals surface area contributed by atoms with Gasteiger partial charge >= 0.3 is 0 Å². The molecule has 4 heteroatoms. The van der Waals surface area contributed by atoms with E-state index in [0.717, 1.165) is 5.70 Å². The van der Waals surface area contributed by atoms with Gasteiger partial charge < -0.3 is 15.1 Å². The highest BCUT2D eigenvalue weighted by Gasteiger charge is 2.35. The van der Waals surface area contributed by atoms with E-state index >= 15 is 0 Å². The standard InChI is InChI=1S/C11H15NO3/c1-6(2)12-5-11(15)7-3-9(13)10(14)4-8(7)12/h3-4,6,10-11,14-15H,5H2,1-2H3. The molecule has 1 heterocycles. The van der Waals surface area contributed by atoms with E-state index in [0.29, 0.717) is 12.1 Å². The van der Waals surface area contributed by atoms with Crippen molar-refractivity contribution in [2.75, 3.05) is 6.54 Å². The summed E-state index contributed by atoms with van der Waals surface area (Å²) >= 11 is 0. The molecule has 1 aliphatic heterocycles. The molecule has 2 N–H and O–H groups in total. The normalized spacial score (nSPS) is 30.5. The maximum absolute atomic E-state index is 11.3. The van der Waals surface area contributed by atoms with Crippen molar-refractivity contribution in [1.82, 2.24) is 4.90 Å². The minimum Gasteiger partial charge on any atom is -0.386 e. The Kier molecular flexibility index (Phi) is 2.40.